The minimum absolute atomic E-state index is 0.586. The standard InChI is InChI=1S/C10H10ClF/c1-10(12)5-4-7-2-3-8(11)6-9(7)10/h2-3,6H,4-5H2,1H3. The highest BCUT2D eigenvalue weighted by atomic mass is 35.5. The molecule has 2 rings (SSSR count). The van der Waals surface area contributed by atoms with Crippen LogP contribution in [0.3, 0.4) is 0 Å². The van der Waals surface area contributed by atoms with E-state index < -0.39 is 5.67 Å². The van der Waals surface area contributed by atoms with Gasteiger partial charge in [-0.25, -0.2) is 4.39 Å². The topological polar surface area (TPSA) is 0 Å². The van der Waals surface area contributed by atoms with Gasteiger partial charge in [0, 0.05) is 5.02 Å². The minimum Gasteiger partial charge on any atom is -0.239 e. The lowest BCUT2D eigenvalue weighted by molar-refractivity contribution is 0.194. The molecule has 0 N–H and O–H groups in total. The predicted molar refractivity (Wildman–Crippen MR) is 48.2 cm³/mol. The van der Waals surface area contributed by atoms with E-state index in [1.54, 1.807) is 13.0 Å². The third kappa shape index (κ3) is 1.13. The first-order valence-corrected chi connectivity index (χ1v) is 4.45. The van der Waals surface area contributed by atoms with Gasteiger partial charge in [-0.15, -0.1) is 0 Å². The van der Waals surface area contributed by atoms with Crippen molar-refractivity contribution in [1.29, 1.82) is 0 Å². The Labute approximate surface area is 76.4 Å². The predicted octanol–water partition coefficient (Wildman–Crippen LogP) is 3.47. The van der Waals surface area contributed by atoms with Crippen molar-refractivity contribution in [2.24, 2.45) is 0 Å². The summed E-state index contributed by atoms with van der Waals surface area (Å²) in [6.07, 6.45) is 1.42. The maximum atomic E-state index is 13.7. The van der Waals surface area contributed by atoms with Crippen LogP contribution in [0.4, 0.5) is 4.39 Å². The third-order valence-corrected chi connectivity index (χ3v) is 2.73. The molecule has 1 unspecified atom stereocenters. The van der Waals surface area contributed by atoms with Crippen LogP contribution >= 0.6 is 11.6 Å². The number of hydrogen-bond acceptors (Lipinski definition) is 0. The fourth-order valence-corrected chi connectivity index (χ4v) is 1.93. The third-order valence-electron chi connectivity index (χ3n) is 2.50. The molecule has 0 saturated heterocycles. The summed E-state index contributed by atoms with van der Waals surface area (Å²) in [7, 11) is 0. The molecule has 0 heterocycles. The molecular weight excluding hydrogens is 175 g/mol. The number of benzene rings is 1. The highest BCUT2D eigenvalue weighted by Crippen LogP contribution is 2.40. The Morgan fingerprint density at radius 2 is 2.25 bits per heavy atom. The van der Waals surface area contributed by atoms with Gasteiger partial charge in [0.25, 0.3) is 0 Å². The molecule has 0 bridgehead atoms. The first kappa shape index (κ1) is 8.06. The van der Waals surface area contributed by atoms with Crippen LogP contribution in [0.2, 0.25) is 5.02 Å². The van der Waals surface area contributed by atoms with Gasteiger partial charge >= 0.3 is 0 Å². The van der Waals surface area contributed by atoms with E-state index in [4.69, 9.17) is 11.6 Å². The summed E-state index contributed by atoms with van der Waals surface area (Å²) in [5.74, 6) is 0. The summed E-state index contributed by atoms with van der Waals surface area (Å²) in [5.41, 5.74) is 0.708. The van der Waals surface area contributed by atoms with Crippen LogP contribution in [0, 0.1) is 0 Å². The van der Waals surface area contributed by atoms with E-state index in [2.05, 4.69) is 0 Å². The normalized spacial score (nSPS) is 27.2. The number of alkyl halides is 1. The second-order valence-electron chi connectivity index (χ2n) is 3.50. The lowest BCUT2D eigenvalue weighted by Gasteiger charge is -2.13. The monoisotopic (exact) mass is 184 g/mol. The van der Waals surface area contributed by atoms with E-state index in [1.807, 2.05) is 12.1 Å². The maximum absolute atomic E-state index is 13.7. The Kier molecular flexibility index (Phi) is 1.65. The summed E-state index contributed by atoms with van der Waals surface area (Å²) in [6.45, 7) is 1.62. The van der Waals surface area contributed by atoms with Gasteiger partial charge in [-0.05, 0) is 43.0 Å². The molecule has 1 aliphatic carbocycles. The molecule has 0 aromatic heterocycles. The summed E-state index contributed by atoms with van der Waals surface area (Å²) in [5, 5.41) is 0.625. The van der Waals surface area contributed by atoms with Gasteiger partial charge in [0.1, 0.15) is 5.67 Å². The summed E-state index contributed by atoms with van der Waals surface area (Å²) < 4.78 is 13.7. The lowest BCUT2D eigenvalue weighted by atomic mass is 10.0. The quantitative estimate of drug-likeness (QED) is 0.579. The van der Waals surface area contributed by atoms with Gasteiger partial charge in [-0.1, -0.05) is 17.7 Å². The van der Waals surface area contributed by atoms with Crippen molar-refractivity contribution in [3.63, 3.8) is 0 Å². The molecule has 12 heavy (non-hydrogen) atoms. The van der Waals surface area contributed by atoms with Crippen LogP contribution in [0.5, 0.6) is 0 Å². The van der Waals surface area contributed by atoms with Crippen LogP contribution < -0.4 is 0 Å². The van der Waals surface area contributed by atoms with Crippen LogP contribution in [-0.2, 0) is 12.1 Å². The second-order valence-corrected chi connectivity index (χ2v) is 3.94. The van der Waals surface area contributed by atoms with E-state index in [9.17, 15) is 4.39 Å². The second kappa shape index (κ2) is 2.46. The first-order chi connectivity index (χ1) is 5.59. The number of rotatable bonds is 0. The summed E-state index contributed by atoms with van der Waals surface area (Å²) in [4.78, 5) is 0. The van der Waals surface area contributed by atoms with Crippen LogP contribution in [0.1, 0.15) is 24.5 Å². The van der Waals surface area contributed by atoms with E-state index in [1.165, 1.54) is 0 Å². The SMILES string of the molecule is CC1(F)CCc2ccc(Cl)cc21. The zero-order valence-corrected chi connectivity index (χ0v) is 7.66. The van der Waals surface area contributed by atoms with Gasteiger partial charge in [0.15, 0.2) is 0 Å². The van der Waals surface area contributed by atoms with Crippen molar-refractivity contribution in [2.75, 3.05) is 0 Å². The highest BCUT2D eigenvalue weighted by Gasteiger charge is 2.33. The molecule has 0 radical (unpaired) electrons. The summed E-state index contributed by atoms with van der Waals surface area (Å²) in [6, 6.07) is 5.48. The molecule has 0 aliphatic heterocycles. The fourth-order valence-electron chi connectivity index (χ4n) is 1.76. The van der Waals surface area contributed by atoms with Gasteiger partial charge < -0.3 is 0 Å². The molecule has 0 fully saturated rings. The number of hydrogen-bond donors (Lipinski definition) is 0. The van der Waals surface area contributed by atoms with Crippen molar-refractivity contribution < 1.29 is 4.39 Å². The number of aryl methyl sites for hydroxylation is 1. The number of fused-ring (bicyclic) bond motifs is 1. The Balaban J connectivity index is 2.57. The molecule has 0 nitrogen and oxygen atoms in total. The summed E-state index contributed by atoms with van der Waals surface area (Å²) >= 11 is 5.78. The molecular formula is C10H10ClF. The smallest absolute Gasteiger partial charge is 0.133 e. The molecule has 2 heteroatoms. The van der Waals surface area contributed by atoms with E-state index in [0.29, 0.717) is 11.4 Å². The Bertz CT molecular complexity index is 318. The Hall–Kier alpha value is -0.560. The molecule has 0 amide bonds. The molecule has 0 spiro atoms. The van der Waals surface area contributed by atoms with E-state index >= 15 is 0 Å². The van der Waals surface area contributed by atoms with E-state index in [0.717, 1.165) is 17.5 Å². The Morgan fingerprint density at radius 3 is 3.00 bits per heavy atom. The van der Waals surface area contributed by atoms with E-state index in [-0.39, 0.29) is 0 Å². The lowest BCUT2D eigenvalue weighted by Crippen LogP contribution is -2.09. The van der Waals surface area contributed by atoms with Gasteiger partial charge in [-0.3, -0.25) is 0 Å². The Morgan fingerprint density at radius 1 is 1.50 bits per heavy atom. The maximum Gasteiger partial charge on any atom is 0.133 e. The van der Waals surface area contributed by atoms with Crippen LogP contribution in [0.25, 0.3) is 0 Å². The minimum atomic E-state index is -1.17. The van der Waals surface area contributed by atoms with Crippen LogP contribution in [0.15, 0.2) is 18.2 Å². The zero-order chi connectivity index (χ0) is 8.77. The largest absolute Gasteiger partial charge is 0.239 e. The average molecular weight is 185 g/mol. The van der Waals surface area contributed by atoms with Crippen LogP contribution in [-0.4, -0.2) is 0 Å². The fraction of sp³-hybridized carbons (Fsp3) is 0.400. The van der Waals surface area contributed by atoms with Gasteiger partial charge in [0.05, 0.1) is 0 Å². The van der Waals surface area contributed by atoms with Crippen molar-refractivity contribution >= 4 is 11.6 Å². The zero-order valence-electron chi connectivity index (χ0n) is 6.90. The molecule has 64 valence electrons. The van der Waals surface area contributed by atoms with Crippen molar-refractivity contribution in [2.45, 2.75) is 25.4 Å². The molecule has 1 aliphatic rings. The number of halogens is 2. The molecule has 1 aromatic carbocycles. The highest BCUT2D eigenvalue weighted by molar-refractivity contribution is 6.30. The van der Waals surface area contributed by atoms with Crippen molar-refractivity contribution in [3.8, 4) is 0 Å². The molecule has 0 saturated carbocycles. The first-order valence-electron chi connectivity index (χ1n) is 4.07. The molecule has 1 aromatic rings. The van der Waals surface area contributed by atoms with Gasteiger partial charge in [-0.2, -0.15) is 0 Å². The van der Waals surface area contributed by atoms with Gasteiger partial charge in [0.2, 0.25) is 0 Å². The average Bonchev–Trinajstić information content (AvgIpc) is 2.28. The van der Waals surface area contributed by atoms with Crippen molar-refractivity contribution in [1.82, 2.24) is 0 Å². The van der Waals surface area contributed by atoms with Crippen molar-refractivity contribution in [3.05, 3.63) is 34.3 Å². The molecule has 1 atom stereocenters.